The van der Waals surface area contributed by atoms with Crippen LogP contribution in [0.1, 0.15) is 64.4 Å². The number of hydrogen-bond acceptors (Lipinski definition) is 3. The van der Waals surface area contributed by atoms with Crippen LogP contribution < -0.4 is 9.62 Å². The second kappa shape index (κ2) is 7.21. The summed E-state index contributed by atoms with van der Waals surface area (Å²) in [5.41, 5.74) is 1.86. The summed E-state index contributed by atoms with van der Waals surface area (Å²) >= 11 is 0. The highest BCUT2D eigenvalue weighted by Gasteiger charge is 2.37. The van der Waals surface area contributed by atoms with Gasteiger partial charge in [-0.1, -0.05) is 26.2 Å². The number of nitrogens with one attached hydrogen (secondary N) is 1. The van der Waals surface area contributed by atoms with Crippen molar-refractivity contribution in [2.24, 2.45) is 11.8 Å². The standard InChI is InChI=1S/C21H30N2O3S/c1-14-6-3-4-9-19(14)22-27(25,26)18-10-11-20-17(13-18)12-15(2)23(20)21(24)16-7-5-8-16/h10-11,13-16,19,22H,3-9,12H2,1-2H3. The van der Waals surface area contributed by atoms with Gasteiger partial charge in [-0.15, -0.1) is 0 Å². The number of fused-ring (bicyclic) bond motifs is 1. The maximum Gasteiger partial charge on any atom is 0.240 e. The van der Waals surface area contributed by atoms with Crippen molar-refractivity contribution in [3.63, 3.8) is 0 Å². The fraction of sp³-hybridized carbons (Fsp3) is 0.667. The molecule has 3 unspecified atom stereocenters. The van der Waals surface area contributed by atoms with Gasteiger partial charge in [0.25, 0.3) is 0 Å². The maximum atomic E-state index is 12.9. The lowest BCUT2D eigenvalue weighted by molar-refractivity contribution is -0.125. The summed E-state index contributed by atoms with van der Waals surface area (Å²) in [5, 5.41) is 0. The van der Waals surface area contributed by atoms with Gasteiger partial charge in [0.2, 0.25) is 15.9 Å². The van der Waals surface area contributed by atoms with Gasteiger partial charge >= 0.3 is 0 Å². The van der Waals surface area contributed by atoms with Crippen LogP contribution in [0.4, 0.5) is 5.69 Å². The first-order chi connectivity index (χ1) is 12.9. The van der Waals surface area contributed by atoms with Crippen molar-refractivity contribution in [3.8, 4) is 0 Å². The van der Waals surface area contributed by atoms with Crippen LogP contribution in [0.3, 0.4) is 0 Å². The highest BCUT2D eigenvalue weighted by atomic mass is 32.2. The highest BCUT2D eigenvalue weighted by molar-refractivity contribution is 7.89. The molecule has 1 heterocycles. The number of sulfonamides is 1. The lowest BCUT2D eigenvalue weighted by Crippen LogP contribution is -2.42. The third-order valence-electron chi connectivity index (χ3n) is 6.69. The number of hydrogen-bond donors (Lipinski definition) is 1. The summed E-state index contributed by atoms with van der Waals surface area (Å²) in [6.45, 7) is 4.17. The largest absolute Gasteiger partial charge is 0.309 e. The van der Waals surface area contributed by atoms with E-state index in [9.17, 15) is 13.2 Å². The quantitative estimate of drug-likeness (QED) is 0.854. The molecule has 1 aliphatic heterocycles. The number of rotatable bonds is 4. The number of nitrogens with zero attached hydrogens (tertiary/aromatic N) is 1. The fourth-order valence-electron chi connectivity index (χ4n) is 4.72. The van der Waals surface area contributed by atoms with E-state index < -0.39 is 10.0 Å². The number of anilines is 1. The Bertz CT molecular complexity index is 832. The smallest absolute Gasteiger partial charge is 0.240 e. The molecule has 148 valence electrons. The SMILES string of the molecule is CC1CCCCC1NS(=O)(=O)c1ccc2c(c1)CC(C)N2C(=O)C1CCC1. The predicted octanol–water partition coefficient (Wildman–Crippen LogP) is 3.62. The van der Waals surface area contributed by atoms with E-state index in [2.05, 4.69) is 11.6 Å². The zero-order chi connectivity index (χ0) is 19.2. The van der Waals surface area contributed by atoms with Gasteiger partial charge in [-0.3, -0.25) is 4.79 Å². The van der Waals surface area contributed by atoms with Crippen molar-refractivity contribution in [2.75, 3.05) is 4.90 Å². The van der Waals surface area contributed by atoms with Crippen molar-refractivity contribution in [3.05, 3.63) is 23.8 Å². The number of benzene rings is 1. The number of carbonyl (C=O) groups excluding carboxylic acids is 1. The molecule has 2 saturated carbocycles. The van der Waals surface area contributed by atoms with E-state index in [1.165, 1.54) is 6.42 Å². The van der Waals surface area contributed by atoms with E-state index in [1.807, 2.05) is 17.9 Å². The monoisotopic (exact) mass is 390 g/mol. The molecule has 5 nitrogen and oxygen atoms in total. The Morgan fingerprint density at radius 1 is 1.07 bits per heavy atom. The van der Waals surface area contributed by atoms with E-state index >= 15 is 0 Å². The zero-order valence-electron chi connectivity index (χ0n) is 16.3. The van der Waals surface area contributed by atoms with E-state index in [0.29, 0.717) is 10.8 Å². The second-order valence-corrected chi connectivity index (χ2v) is 10.4. The lowest BCUT2D eigenvalue weighted by atomic mass is 9.84. The molecular formula is C21H30N2O3S. The van der Waals surface area contributed by atoms with Crippen LogP contribution in [0.15, 0.2) is 23.1 Å². The summed E-state index contributed by atoms with van der Waals surface area (Å²) in [6, 6.07) is 5.38. The molecule has 27 heavy (non-hydrogen) atoms. The van der Waals surface area contributed by atoms with Gasteiger partial charge in [0.05, 0.1) is 4.90 Å². The second-order valence-electron chi connectivity index (χ2n) is 8.67. The van der Waals surface area contributed by atoms with Crippen LogP contribution >= 0.6 is 0 Å². The molecule has 0 radical (unpaired) electrons. The Kier molecular flexibility index (Phi) is 5.06. The number of amides is 1. The van der Waals surface area contributed by atoms with Gasteiger partial charge in [0, 0.05) is 23.7 Å². The van der Waals surface area contributed by atoms with Gasteiger partial charge in [0.1, 0.15) is 0 Å². The molecule has 3 atom stereocenters. The molecule has 2 fully saturated rings. The van der Waals surface area contributed by atoms with Gasteiger partial charge in [-0.05, 0) is 68.7 Å². The van der Waals surface area contributed by atoms with Gasteiger partial charge in [-0.2, -0.15) is 0 Å². The van der Waals surface area contributed by atoms with E-state index in [1.54, 1.807) is 12.1 Å². The molecule has 0 bridgehead atoms. The third-order valence-corrected chi connectivity index (χ3v) is 8.17. The molecule has 1 N–H and O–H groups in total. The normalized spacial score (nSPS) is 28.7. The first-order valence-electron chi connectivity index (χ1n) is 10.3. The molecular weight excluding hydrogens is 360 g/mol. The Hall–Kier alpha value is -1.40. The van der Waals surface area contributed by atoms with Gasteiger partial charge in [0.15, 0.2) is 0 Å². The van der Waals surface area contributed by atoms with E-state index in [0.717, 1.165) is 56.2 Å². The highest BCUT2D eigenvalue weighted by Crippen LogP contribution is 2.38. The van der Waals surface area contributed by atoms with E-state index in [4.69, 9.17) is 0 Å². The van der Waals surface area contributed by atoms with Gasteiger partial charge in [-0.25, -0.2) is 13.1 Å². The Morgan fingerprint density at radius 3 is 2.48 bits per heavy atom. The summed E-state index contributed by atoms with van der Waals surface area (Å²) in [4.78, 5) is 15.0. The molecule has 6 heteroatoms. The molecule has 4 rings (SSSR count). The minimum absolute atomic E-state index is 0.0209. The minimum Gasteiger partial charge on any atom is -0.309 e. The molecule has 0 saturated heterocycles. The Morgan fingerprint density at radius 2 is 1.81 bits per heavy atom. The summed E-state index contributed by atoms with van der Waals surface area (Å²) < 4.78 is 28.8. The first kappa shape index (κ1) is 18.9. The maximum absolute atomic E-state index is 12.9. The molecule has 3 aliphatic rings. The van der Waals surface area contributed by atoms with Crippen molar-refractivity contribution in [1.82, 2.24) is 4.72 Å². The van der Waals surface area contributed by atoms with Crippen molar-refractivity contribution >= 4 is 21.6 Å². The molecule has 1 aromatic carbocycles. The lowest BCUT2D eigenvalue weighted by Gasteiger charge is -2.32. The minimum atomic E-state index is -3.53. The molecule has 2 aliphatic carbocycles. The first-order valence-corrected chi connectivity index (χ1v) is 11.8. The predicted molar refractivity (Wildman–Crippen MR) is 106 cm³/mol. The van der Waals surface area contributed by atoms with Crippen LogP contribution in [-0.2, 0) is 21.2 Å². The Balaban J connectivity index is 1.56. The summed E-state index contributed by atoms with van der Waals surface area (Å²) in [6.07, 6.45) is 8.06. The van der Waals surface area contributed by atoms with E-state index in [-0.39, 0.29) is 23.9 Å². The van der Waals surface area contributed by atoms with Crippen molar-refractivity contribution in [1.29, 1.82) is 0 Å². The Labute approximate surface area is 162 Å². The third kappa shape index (κ3) is 3.54. The van der Waals surface area contributed by atoms with Crippen LogP contribution in [0.5, 0.6) is 0 Å². The fourth-order valence-corrected chi connectivity index (χ4v) is 6.15. The topological polar surface area (TPSA) is 66.5 Å². The van der Waals surface area contributed by atoms with Crippen molar-refractivity contribution in [2.45, 2.75) is 82.2 Å². The number of carbonyl (C=O) groups is 1. The van der Waals surface area contributed by atoms with Gasteiger partial charge < -0.3 is 4.90 Å². The van der Waals surface area contributed by atoms with Crippen LogP contribution in [0.2, 0.25) is 0 Å². The average Bonchev–Trinajstić information content (AvgIpc) is 2.90. The molecule has 1 aromatic rings. The van der Waals surface area contributed by atoms with Crippen LogP contribution in [0.25, 0.3) is 0 Å². The van der Waals surface area contributed by atoms with Crippen LogP contribution in [-0.4, -0.2) is 26.4 Å². The van der Waals surface area contributed by atoms with Crippen molar-refractivity contribution < 1.29 is 13.2 Å². The van der Waals surface area contributed by atoms with Crippen LogP contribution in [0, 0.1) is 11.8 Å². The zero-order valence-corrected chi connectivity index (χ0v) is 17.1. The summed E-state index contributed by atoms with van der Waals surface area (Å²) in [7, 11) is -3.53. The molecule has 0 spiro atoms. The molecule has 1 amide bonds. The average molecular weight is 391 g/mol. The molecule has 0 aromatic heterocycles. The summed E-state index contributed by atoms with van der Waals surface area (Å²) in [5.74, 6) is 0.729.